The van der Waals surface area contributed by atoms with E-state index in [0.29, 0.717) is 0 Å². The summed E-state index contributed by atoms with van der Waals surface area (Å²) in [6.07, 6.45) is 0. The molecule has 5 heteroatoms. The van der Waals surface area contributed by atoms with Crippen LogP contribution in [-0.4, -0.2) is 7.11 Å². The molecule has 0 spiro atoms. The highest BCUT2D eigenvalue weighted by Gasteiger charge is 1.98. The molecule has 0 bridgehead atoms. The Labute approximate surface area is 124 Å². The number of benzene rings is 2. The Morgan fingerprint density at radius 1 is 1.00 bits per heavy atom. The largest absolute Gasteiger partial charge is 0.497 e. The smallest absolute Gasteiger partial charge is 0.123 e. The van der Waals surface area contributed by atoms with Crippen LogP contribution in [0.1, 0.15) is 5.56 Å². The van der Waals surface area contributed by atoms with Crippen molar-refractivity contribution in [2.75, 3.05) is 7.11 Å². The predicted molar refractivity (Wildman–Crippen MR) is 84.1 cm³/mol. The number of halogens is 1. The first-order chi connectivity index (χ1) is 9.28. The molecule has 0 saturated heterocycles. The van der Waals surface area contributed by atoms with Gasteiger partial charge >= 0.3 is 0 Å². The third-order valence-corrected chi connectivity index (χ3v) is 6.36. The summed E-state index contributed by atoms with van der Waals surface area (Å²) >= 11 is 0. The molecule has 1 nitrogen and oxygen atoms in total. The summed E-state index contributed by atoms with van der Waals surface area (Å²) in [5.41, 5.74) is 1.13. The van der Waals surface area contributed by atoms with Gasteiger partial charge in [0.25, 0.3) is 0 Å². The van der Waals surface area contributed by atoms with Gasteiger partial charge in [-0.1, -0.05) is 22.9 Å². The van der Waals surface area contributed by atoms with Gasteiger partial charge in [-0.2, -0.15) is 0 Å². The highest BCUT2D eigenvalue weighted by molar-refractivity contribution is 9.09. The van der Waals surface area contributed by atoms with Crippen molar-refractivity contribution in [1.29, 1.82) is 0 Å². The molecule has 19 heavy (non-hydrogen) atoms. The molecule has 2 aromatic rings. The molecule has 0 atom stereocenters. The van der Waals surface area contributed by atoms with E-state index in [1.54, 1.807) is 38.5 Å². The zero-order valence-electron chi connectivity index (χ0n) is 10.3. The van der Waals surface area contributed by atoms with Crippen LogP contribution in [0, 0.1) is 5.82 Å². The van der Waals surface area contributed by atoms with Crippen LogP contribution in [0.15, 0.2) is 53.4 Å². The van der Waals surface area contributed by atoms with Crippen LogP contribution >= 0.6 is 31.4 Å². The van der Waals surface area contributed by atoms with Crippen LogP contribution in [0.25, 0.3) is 0 Å². The van der Waals surface area contributed by atoms with Crippen molar-refractivity contribution in [3.8, 4) is 5.75 Å². The first kappa shape index (κ1) is 14.6. The fourth-order valence-electron chi connectivity index (χ4n) is 1.37. The summed E-state index contributed by atoms with van der Waals surface area (Å²) in [6.45, 7) is 0. The molecule has 0 unspecified atom stereocenters. The highest BCUT2D eigenvalue weighted by atomic mass is 33.5. The third-order valence-electron chi connectivity index (χ3n) is 2.38. The quantitative estimate of drug-likeness (QED) is 0.520. The summed E-state index contributed by atoms with van der Waals surface area (Å²) in [7, 11) is 6.83. The maximum Gasteiger partial charge on any atom is 0.123 e. The van der Waals surface area contributed by atoms with E-state index in [1.807, 2.05) is 36.4 Å². The first-order valence-corrected chi connectivity index (χ1v) is 9.28. The Kier molecular flexibility index (Phi) is 5.94. The summed E-state index contributed by atoms with van der Waals surface area (Å²) in [5.74, 6) is 1.55. The van der Waals surface area contributed by atoms with Crippen molar-refractivity contribution in [2.24, 2.45) is 0 Å². The van der Waals surface area contributed by atoms with Crippen molar-refractivity contribution in [1.82, 2.24) is 0 Å². The van der Waals surface area contributed by atoms with E-state index in [9.17, 15) is 4.39 Å². The molecule has 0 aromatic heterocycles. The van der Waals surface area contributed by atoms with E-state index in [0.717, 1.165) is 17.1 Å². The maximum atomic E-state index is 12.7. The highest BCUT2D eigenvalue weighted by Crippen LogP contribution is 2.42. The minimum atomic E-state index is -0.186. The normalized spacial score (nSPS) is 10.4. The number of methoxy groups -OCH3 is 1. The van der Waals surface area contributed by atoms with Gasteiger partial charge < -0.3 is 4.74 Å². The fraction of sp³-hybridized carbons (Fsp3) is 0.143. The molecule has 0 aliphatic carbocycles. The van der Waals surface area contributed by atoms with Crippen LogP contribution in [0.3, 0.4) is 0 Å². The number of hydrogen-bond donors (Lipinski definition) is 0. The Hall–Kier alpha value is -0.780. The van der Waals surface area contributed by atoms with Gasteiger partial charge in [0.2, 0.25) is 0 Å². The summed E-state index contributed by atoms with van der Waals surface area (Å²) in [5, 5.41) is 0. The van der Waals surface area contributed by atoms with Crippen LogP contribution in [0.2, 0.25) is 0 Å². The number of hydrogen-bond acceptors (Lipinski definition) is 4. The van der Waals surface area contributed by atoms with Crippen molar-refractivity contribution >= 4 is 31.4 Å². The molecule has 0 saturated carbocycles. The topological polar surface area (TPSA) is 9.23 Å². The van der Waals surface area contributed by atoms with Gasteiger partial charge in [-0.15, -0.1) is 0 Å². The third kappa shape index (κ3) is 5.01. The molecule has 0 fully saturated rings. The minimum Gasteiger partial charge on any atom is -0.497 e. The summed E-state index contributed by atoms with van der Waals surface area (Å²) in [4.78, 5) is 1.19. The van der Waals surface area contributed by atoms with Gasteiger partial charge in [-0.3, -0.25) is 0 Å². The molecule has 0 radical (unpaired) electrons. The Bertz CT molecular complexity index is 499. The second-order valence-electron chi connectivity index (χ2n) is 3.72. The standard InChI is InChI=1S/C14H13FOS3/c1-16-13-6-8-14(9-7-13)18-19-17-10-11-2-4-12(15)5-3-11/h2-9H,10H2,1H3. The van der Waals surface area contributed by atoms with E-state index in [1.165, 1.54) is 17.0 Å². The van der Waals surface area contributed by atoms with Gasteiger partial charge in [0, 0.05) is 10.6 Å². The van der Waals surface area contributed by atoms with E-state index >= 15 is 0 Å². The van der Waals surface area contributed by atoms with Crippen LogP contribution in [0.4, 0.5) is 4.39 Å². The monoisotopic (exact) mass is 312 g/mol. The number of rotatable bonds is 6. The van der Waals surface area contributed by atoms with Crippen LogP contribution < -0.4 is 4.74 Å². The maximum absolute atomic E-state index is 12.7. The zero-order valence-corrected chi connectivity index (χ0v) is 12.8. The molecular weight excluding hydrogens is 299 g/mol. The van der Waals surface area contributed by atoms with Crippen molar-refractivity contribution in [3.63, 3.8) is 0 Å². The average molecular weight is 312 g/mol. The van der Waals surface area contributed by atoms with E-state index < -0.39 is 0 Å². The Balaban J connectivity index is 1.72. The lowest BCUT2D eigenvalue weighted by Gasteiger charge is -2.03. The second-order valence-corrected chi connectivity index (χ2v) is 7.85. The molecule has 0 heterocycles. The lowest BCUT2D eigenvalue weighted by Crippen LogP contribution is -1.80. The van der Waals surface area contributed by atoms with Gasteiger partial charge in [-0.05, 0) is 62.6 Å². The lowest BCUT2D eigenvalue weighted by atomic mass is 10.2. The SMILES string of the molecule is COc1ccc(SSSCc2ccc(F)cc2)cc1. The Morgan fingerprint density at radius 3 is 2.32 bits per heavy atom. The fourth-order valence-corrected chi connectivity index (χ4v) is 4.96. The Morgan fingerprint density at radius 2 is 1.68 bits per heavy atom. The van der Waals surface area contributed by atoms with Gasteiger partial charge in [0.15, 0.2) is 0 Å². The molecule has 100 valence electrons. The average Bonchev–Trinajstić information content (AvgIpc) is 2.46. The summed E-state index contributed by atoms with van der Waals surface area (Å²) < 4.78 is 17.8. The molecule has 0 aliphatic rings. The van der Waals surface area contributed by atoms with Crippen LogP contribution in [-0.2, 0) is 5.75 Å². The van der Waals surface area contributed by atoms with Crippen molar-refractivity contribution in [2.45, 2.75) is 10.6 Å². The predicted octanol–water partition coefficient (Wildman–Crippen LogP) is 5.42. The van der Waals surface area contributed by atoms with Gasteiger partial charge in [0.1, 0.15) is 11.6 Å². The molecule has 0 aliphatic heterocycles. The second kappa shape index (κ2) is 7.72. The number of ether oxygens (including phenoxy) is 1. The van der Waals surface area contributed by atoms with E-state index in [4.69, 9.17) is 4.74 Å². The van der Waals surface area contributed by atoms with Crippen molar-refractivity contribution < 1.29 is 9.13 Å². The van der Waals surface area contributed by atoms with Gasteiger partial charge in [0.05, 0.1) is 7.11 Å². The minimum absolute atomic E-state index is 0.186. The van der Waals surface area contributed by atoms with E-state index in [2.05, 4.69) is 0 Å². The van der Waals surface area contributed by atoms with Crippen molar-refractivity contribution in [3.05, 3.63) is 59.9 Å². The summed E-state index contributed by atoms with van der Waals surface area (Å²) in [6, 6.07) is 14.6. The zero-order chi connectivity index (χ0) is 13.5. The lowest BCUT2D eigenvalue weighted by molar-refractivity contribution is 0.414. The molecule has 0 N–H and O–H groups in total. The van der Waals surface area contributed by atoms with Gasteiger partial charge in [-0.25, -0.2) is 4.39 Å². The molecule has 0 amide bonds. The molecule has 2 aromatic carbocycles. The first-order valence-electron chi connectivity index (χ1n) is 5.62. The van der Waals surface area contributed by atoms with Crippen LogP contribution in [0.5, 0.6) is 5.75 Å². The molecule has 2 rings (SSSR count). The van der Waals surface area contributed by atoms with E-state index in [-0.39, 0.29) is 5.82 Å². The molecular formula is C14H13FOS3.